The van der Waals surface area contributed by atoms with E-state index in [0.29, 0.717) is 6.54 Å². The van der Waals surface area contributed by atoms with Gasteiger partial charge in [0.1, 0.15) is 5.82 Å². The molecule has 0 aromatic carbocycles. The number of carboxylic acid groups (broad SMARTS) is 1. The van der Waals surface area contributed by atoms with Crippen molar-refractivity contribution in [2.45, 2.75) is 13.8 Å². The molecule has 0 saturated carbocycles. The molecule has 0 fully saturated rings. The van der Waals surface area contributed by atoms with Crippen molar-refractivity contribution in [2.75, 3.05) is 18.5 Å². The predicted molar refractivity (Wildman–Crippen MR) is 66.7 cm³/mol. The van der Waals surface area contributed by atoms with Crippen LogP contribution < -0.4 is 4.90 Å². The van der Waals surface area contributed by atoms with Crippen LogP contribution in [-0.4, -0.2) is 29.7 Å². The number of aromatic nitrogens is 1. The first-order valence-corrected chi connectivity index (χ1v) is 5.78. The normalized spacial score (nSPS) is 12.2. The van der Waals surface area contributed by atoms with Gasteiger partial charge in [0.2, 0.25) is 0 Å². The summed E-state index contributed by atoms with van der Waals surface area (Å²) in [5, 5.41) is 8.82. The molecule has 1 aromatic rings. The van der Waals surface area contributed by atoms with Crippen molar-refractivity contribution in [2.24, 2.45) is 5.92 Å². The number of halogens is 1. The Hall–Kier alpha value is -1.10. The number of hydrogen-bond donors (Lipinski definition) is 1. The number of carbonyl (C=O) groups is 1. The highest BCUT2D eigenvalue weighted by Crippen LogP contribution is 2.18. The average molecular weight is 287 g/mol. The number of carboxylic acids is 1. The molecule has 1 aromatic heterocycles. The van der Waals surface area contributed by atoms with E-state index in [4.69, 9.17) is 5.11 Å². The Balaban J connectivity index is 2.76. The molecule has 0 radical (unpaired) electrons. The number of aliphatic carboxylic acids is 1. The lowest BCUT2D eigenvalue weighted by Crippen LogP contribution is -2.29. The predicted octanol–water partition coefficient (Wildman–Crippen LogP) is 2.31. The molecule has 0 aliphatic carbocycles. The van der Waals surface area contributed by atoms with Gasteiger partial charge in [0.15, 0.2) is 0 Å². The van der Waals surface area contributed by atoms with Gasteiger partial charge in [0, 0.05) is 18.1 Å². The number of rotatable bonds is 4. The molecular weight excluding hydrogens is 272 g/mol. The third-order valence-electron chi connectivity index (χ3n) is 2.37. The Morgan fingerprint density at radius 2 is 2.25 bits per heavy atom. The van der Waals surface area contributed by atoms with E-state index in [-0.39, 0.29) is 0 Å². The van der Waals surface area contributed by atoms with Crippen LogP contribution in [0.15, 0.2) is 16.6 Å². The fourth-order valence-electron chi connectivity index (χ4n) is 1.33. The number of hydrogen-bond acceptors (Lipinski definition) is 3. The minimum absolute atomic E-state index is 0.407. The van der Waals surface area contributed by atoms with Gasteiger partial charge in [-0.2, -0.15) is 0 Å². The molecule has 0 bridgehead atoms. The summed E-state index contributed by atoms with van der Waals surface area (Å²) in [7, 11) is 1.84. The molecule has 1 heterocycles. The highest BCUT2D eigenvalue weighted by atomic mass is 79.9. The highest BCUT2D eigenvalue weighted by molar-refractivity contribution is 9.10. The lowest BCUT2D eigenvalue weighted by molar-refractivity contribution is -0.140. The first kappa shape index (κ1) is 13.0. The zero-order valence-electron chi connectivity index (χ0n) is 9.57. The molecule has 0 spiro atoms. The van der Waals surface area contributed by atoms with Crippen molar-refractivity contribution in [3.63, 3.8) is 0 Å². The number of anilines is 1. The van der Waals surface area contributed by atoms with Crippen LogP contribution in [0.3, 0.4) is 0 Å². The summed E-state index contributed by atoms with van der Waals surface area (Å²) in [6.45, 7) is 4.04. The van der Waals surface area contributed by atoms with Crippen molar-refractivity contribution in [1.82, 2.24) is 4.98 Å². The van der Waals surface area contributed by atoms with Crippen LogP contribution in [0.2, 0.25) is 0 Å². The lowest BCUT2D eigenvalue weighted by Gasteiger charge is -2.20. The monoisotopic (exact) mass is 286 g/mol. The zero-order valence-corrected chi connectivity index (χ0v) is 11.2. The molecule has 1 rings (SSSR count). The van der Waals surface area contributed by atoms with E-state index in [9.17, 15) is 4.79 Å². The Morgan fingerprint density at radius 1 is 1.62 bits per heavy atom. The van der Waals surface area contributed by atoms with Crippen LogP contribution in [-0.2, 0) is 4.79 Å². The number of pyridine rings is 1. The van der Waals surface area contributed by atoms with Crippen molar-refractivity contribution >= 4 is 27.7 Å². The first-order valence-electron chi connectivity index (χ1n) is 4.99. The van der Waals surface area contributed by atoms with E-state index in [1.807, 2.05) is 31.0 Å². The summed E-state index contributed by atoms with van der Waals surface area (Å²) >= 11 is 3.38. The Bertz CT molecular complexity index is 396. The summed E-state index contributed by atoms with van der Waals surface area (Å²) in [6.07, 6.45) is 0. The van der Waals surface area contributed by atoms with Gasteiger partial charge in [-0.15, -0.1) is 0 Å². The van der Waals surface area contributed by atoms with Crippen LogP contribution in [0, 0.1) is 12.8 Å². The summed E-state index contributed by atoms with van der Waals surface area (Å²) in [6, 6.07) is 3.78. The molecular formula is C11H15BrN2O2. The maximum atomic E-state index is 10.7. The molecule has 16 heavy (non-hydrogen) atoms. The van der Waals surface area contributed by atoms with Gasteiger partial charge in [0.05, 0.1) is 11.6 Å². The summed E-state index contributed by atoms with van der Waals surface area (Å²) in [4.78, 5) is 16.9. The first-order chi connectivity index (χ1) is 7.41. The fourth-order valence-corrected chi connectivity index (χ4v) is 1.55. The molecule has 1 N–H and O–H groups in total. The van der Waals surface area contributed by atoms with Crippen molar-refractivity contribution in [3.05, 3.63) is 22.3 Å². The molecule has 1 atom stereocenters. The summed E-state index contributed by atoms with van der Waals surface area (Å²) < 4.78 is 0.955. The van der Waals surface area contributed by atoms with Gasteiger partial charge in [-0.1, -0.05) is 6.92 Å². The quantitative estimate of drug-likeness (QED) is 0.923. The lowest BCUT2D eigenvalue weighted by atomic mass is 10.2. The SMILES string of the molecule is Cc1nc(N(C)CC(C)C(=O)O)ccc1Br. The minimum Gasteiger partial charge on any atom is -0.481 e. The van der Waals surface area contributed by atoms with Crippen LogP contribution in [0.5, 0.6) is 0 Å². The van der Waals surface area contributed by atoms with Crippen LogP contribution in [0.1, 0.15) is 12.6 Å². The van der Waals surface area contributed by atoms with Gasteiger partial charge >= 0.3 is 5.97 Å². The van der Waals surface area contributed by atoms with Crippen molar-refractivity contribution in [3.8, 4) is 0 Å². The average Bonchev–Trinajstić information content (AvgIpc) is 2.21. The third kappa shape index (κ3) is 3.20. The van der Waals surface area contributed by atoms with Gasteiger partial charge in [-0.05, 0) is 35.0 Å². The molecule has 0 amide bonds. The smallest absolute Gasteiger partial charge is 0.308 e. The summed E-state index contributed by atoms with van der Waals surface area (Å²) in [5.41, 5.74) is 0.896. The largest absolute Gasteiger partial charge is 0.481 e. The molecule has 4 nitrogen and oxygen atoms in total. The molecule has 0 aliphatic heterocycles. The van der Waals surface area contributed by atoms with Crippen LogP contribution in [0.25, 0.3) is 0 Å². The van der Waals surface area contributed by atoms with Crippen molar-refractivity contribution in [1.29, 1.82) is 0 Å². The van der Waals surface area contributed by atoms with Crippen molar-refractivity contribution < 1.29 is 9.90 Å². The Kier molecular flexibility index (Phi) is 4.29. The van der Waals surface area contributed by atoms with Crippen LogP contribution in [0.4, 0.5) is 5.82 Å². The maximum absolute atomic E-state index is 10.7. The topological polar surface area (TPSA) is 53.4 Å². The number of aryl methyl sites for hydroxylation is 1. The van der Waals surface area contributed by atoms with Gasteiger partial charge in [-0.25, -0.2) is 4.98 Å². The zero-order chi connectivity index (χ0) is 12.3. The standard InChI is InChI=1S/C11H15BrN2O2/c1-7(11(15)16)6-14(3)10-5-4-9(12)8(2)13-10/h4-5,7H,6H2,1-3H3,(H,15,16). The Labute approximate surface area is 103 Å². The molecule has 0 saturated heterocycles. The third-order valence-corrected chi connectivity index (χ3v) is 3.21. The minimum atomic E-state index is -0.791. The van der Waals surface area contributed by atoms with E-state index in [2.05, 4.69) is 20.9 Å². The van der Waals surface area contributed by atoms with Gasteiger partial charge in [0.25, 0.3) is 0 Å². The van der Waals surface area contributed by atoms with E-state index >= 15 is 0 Å². The summed E-state index contributed by atoms with van der Waals surface area (Å²) in [5.74, 6) is -0.412. The second-order valence-corrected chi connectivity index (χ2v) is 4.71. The molecule has 0 aliphatic rings. The van der Waals surface area contributed by atoms with Gasteiger partial charge < -0.3 is 10.0 Å². The number of nitrogens with zero attached hydrogens (tertiary/aromatic N) is 2. The van der Waals surface area contributed by atoms with Crippen LogP contribution >= 0.6 is 15.9 Å². The van der Waals surface area contributed by atoms with E-state index in [0.717, 1.165) is 16.0 Å². The highest BCUT2D eigenvalue weighted by Gasteiger charge is 2.14. The van der Waals surface area contributed by atoms with E-state index < -0.39 is 11.9 Å². The maximum Gasteiger partial charge on any atom is 0.308 e. The van der Waals surface area contributed by atoms with Gasteiger partial charge in [-0.3, -0.25) is 4.79 Å². The van der Waals surface area contributed by atoms with E-state index in [1.165, 1.54) is 0 Å². The van der Waals surface area contributed by atoms with E-state index in [1.54, 1.807) is 6.92 Å². The second-order valence-electron chi connectivity index (χ2n) is 3.86. The molecule has 5 heteroatoms. The second kappa shape index (κ2) is 5.30. The fraction of sp³-hybridized carbons (Fsp3) is 0.455. The molecule has 88 valence electrons. The molecule has 1 unspecified atom stereocenters. The Morgan fingerprint density at radius 3 is 2.75 bits per heavy atom.